The lowest BCUT2D eigenvalue weighted by molar-refractivity contribution is -0.137. The standard InChI is InChI=1S/C17H16F3N3O2/c18-17(19,20)13-2-1-3-14(11-13)22-15-10-12(4-5-21-15)16(24)23-6-8-25-9-7-23/h1-5,10-11H,6-9H2,(H,21,22). The second-order valence-electron chi connectivity index (χ2n) is 5.54. The summed E-state index contributed by atoms with van der Waals surface area (Å²) in [6.45, 7) is 2.01. The number of aromatic nitrogens is 1. The smallest absolute Gasteiger partial charge is 0.378 e. The monoisotopic (exact) mass is 351 g/mol. The SMILES string of the molecule is O=C(c1ccnc(Nc2cccc(C(F)(F)F)c2)c1)N1CCOCC1. The number of hydrogen-bond acceptors (Lipinski definition) is 4. The summed E-state index contributed by atoms with van der Waals surface area (Å²) in [6, 6.07) is 7.92. The number of carbonyl (C=O) groups is 1. The minimum Gasteiger partial charge on any atom is -0.378 e. The summed E-state index contributed by atoms with van der Waals surface area (Å²) in [6.07, 6.45) is -2.97. The molecule has 0 spiro atoms. The fourth-order valence-electron chi connectivity index (χ4n) is 2.50. The zero-order valence-corrected chi connectivity index (χ0v) is 13.2. The van der Waals surface area contributed by atoms with Gasteiger partial charge in [0.2, 0.25) is 0 Å². The molecule has 1 aliphatic heterocycles. The average Bonchev–Trinajstić information content (AvgIpc) is 2.61. The molecule has 2 heterocycles. The number of alkyl halides is 3. The van der Waals surface area contributed by atoms with Crippen LogP contribution in [0.3, 0.4) is 0 Å². The van der Waals surface area contributed by atoms with Gasteiger partial charge in [-0.05, 0) is 30.3 Å². The molecule has 0 unspecified atom stereocenters. The van der Waals surface area contributed by atoms with Crippen LogP contribution < -0.4 is 5.32 Å². The Balaban J connectivity index is 1.77. The van der Waals surface area contributed by atoms with Gasteiger partial charge in [0.1, 0.15) is 5.82 Å². The van der Waals surface area contributed by atoms with Gasteiger partial charge in [0.05, 0.1) is 18.8 Å². The number of morpholine rings is 1. The van der Waals surface area contributed by atoms with Crippen molar-refractivity contribution in [3.05, 3.63) is 53.7 Å². The second-order valence-corrected chi connectivity index (χ2v) is 5.54. The van der Waals surface area contributed by atoms with E-state index in [4.69, 9.17) is 4.74 Å². The molecule has 1 saturated heterocycles. The number of anilines is 2. The van der Waals surface area contributed by atoms with E-state index in [0.717, 1.165) is 12.1 Å². The van der Waals surface area contributed by atoms with E-state index in [1.54, 1.807) is 11.0 Å². The number of nitrogens with zero attached hydrogens (tertiary/aromatic N) is 2. The molecule has 0 aliphatic carbocycles. The van der Waals surface area contributed by atoms with E-state index in [0.29, 0.717) is 37.7 Å². The van der Waals surface area contributed by atoms with Crippen molar-refractivity contribution in [2.24, 2.45) is 0 Å². The zero-order chi connectivity index (χ0) is 17.9. The number of amides is 1. The van der Waals surface area contributed by atoms with Crippen LogP contribution in [0.5, 0.6) is 0 Å². The number of ether oxygens (including phenoxy) is 1. The van der Waals surface area contributed by atoms with Crippen LogP contribution in [0.4, 0.5) is 24.7 Å². The van der Waals surface area contributed by atoms with Gasteiger partial charge in [0.15, 0.2) is 0 Å². The van der Waals surface area contributed by atoms with Crippen molar-refractivity contribution in [2.75, 3.05) is 31.6 Å². The lowest BCUT2D eigenvalue weighted by atomic mass is 10.2. The van der Waals surface area contributed by atoms with Crippen molar-refractivity contribution in [1.29, 1.82) is 0 Å². The van der Waals surface area contributed by atoms with Crippen LogP contribution in [0, 0.1) is 0 Å². The lowest BCUT2D eigenvalue weighted by Crippen LogP contribution is -2.40. The molecule has 0 bridgehead atoms. The first-order chi connectivity index (χ1) is 11.9. The summed E-state index contributed by atoms with van der Waals surface area (Å²) in [4.78, 5) is 18.2. The number of carbonyl (C=O) groups excluding carboxylic acids is 1. The van der Waals surface area contributed by atoms with Gasteiger partial charge >= 0.3 is 6.18 Å². The van der Waals surface area contributed by atoms with Crippen molar-refractivity contribution < 1.29 is 22.7 Å². The van der Waals surface area contributed by atoms with Gasteiger partial charge in [-0.25, -0.2) is 4.98 Å². The van der Waals surface area contributed by atoms with E-state index in [1.165, 1.54) is 24.4 Å². The minimum absolute atomic E-state index is 0.155. The number of halogens is 3. The van der Waals surface area contributed by atoms with E-state index >= 15 is 0 Å². The van der Waals surface area contributed by atoms with Crippen LogP contribution in [0.25, 0.3) is 0 Å². The third kappa shape index (κ3) is 4.27. The Hall–Kier alpha value is -2.61. The molecule has 2 aromatic rings. The highest BCUT2D eigenvalue weighted by Crippen LogP contribution is 2.31. The molecule has 0 saturated carbocycles. The van der Waals surface area contributed by atoms with Crippen molar-refractivity contribution >= 4 is 17.4 Å². The fraction of sp³-hybridized carbons (Fsp3) is 0.294. The Bertz CT molecular complexity index is 759. The quantitative estimate of drug-likeness (QED) is 0.922. The lowest BCUT2D eigenvalue weighted by Gasteiger charge is -2.26. The van der Waals surface area contributed by atoms with Gasteiger partial charge in [-0.1, -0.05) is 6.07 Å². The third-order valence-electron chi connectivity index (χ3n) is 3.77. The van der Waals surface area contributed by atoms with Crippen LogP contribution in [0.15, 0.2) is 42.6 Å². The van der Waals surface area contributed by atoms with Crippen LogP contribution in [-0.4, -0.2) is 42.1 Å². The predicted octanol–water partition coefficient (Wildman–Crippen LogP) is 3.32. The molecular formula is C17H16F3N3O2. The maximum absolute atomic E-state index is 12.8. The van der Waals surface area contributed by atoms with Gasteiger partial charge in [-0.2, -0.15) is 13.2 Å². The molecule has 1 aromatic heterocycles. The molecule has 0 atom stereocenters. The van der Waals surface area contributed by atoms with Crippen LogP contribution in [0.1, 0.15) is 15.9 Å². The van der Waals surface area contributed by atoms with Gasteiger partial charge in [-0.15, -0.1) is 0 Å². The highest BCUT2D eigenvalue weighted by Gasteiger charge is 2.30. The van der Waals surface area contributed by atoms with Gasteiger partial charge in [0.25, 0.3) is 5.91 Å². The molecule has 3 rings (SSSR count). The van der Waals surface area contributed by atoms with Crippen LogP contribution in [-0.2, 0) is 10.9 Å². The normalized spacial score (nSPS) is 15.1. The van der Waals surface area contributed by atoms with E-state index in [2.05, 4.69) is 10.3 Å². The summed E-state index contributed by atoms with van der Waals surface area (Å²) in [5.41, 5.74) is -0.0808. The van der Waals surface area contributed by atoms with Crippen LogP contribution >= 0.6 is 0 Å². The molecular weight excluding hydrogens is 335 g/mol. The Morgan fingerprint density at radius 1 is 1.16 bits per heavy atom. The molecule has 1 aliphatic rings. The molecule has 1 aromatic carbocycles. The highest BCUT2D eigenvalue weighted by atomic mass is 19.4. The molecule has 5 nitrogen and oxygen atoms in total. The first-order valence-electron chi connectivity index (χ1n) is 7.71. The Kier molecular flexibility index (Phi) is 4.89. The van der Waals surface area contributed by atoms with E-state index in [9.17, 15) is 18.0 Å². The van der Waals surface area contributed by atoms with Crippen molar-refractivity contribution in [3.63, 3.8) is 0 Å². The Morgan fingerprint density at radius 3 is 2.64 bits per heavy atom. The Labute approximate surface area is 142 Å². The Morgan fingerprint density at radius 2 is 1.92 bits per heavy atom. The fourth-order valence-corrected chi connectivity index (χ4v) is 2.50. The summed E-state index contributed by atoms with van der Waals surface area (Å²) in [7, 11) is 0. The summed E-state index contributed by atoms with van der Waals surface area (Å²) in [5, 5.41) is 2.81. The molecule has 1 fully saturated rings. The number of rotatable bonds is 3. The largest absolute Gasteiger partial charge is 0.416 e. The molecule has 8 heteroatoms. The summed E-state index contributed by atoms with van der Waals surface area (Å²) < 4.78 is 43.6. The number of pyridine rings is 1. The van der Waals surface area contributed by atoms with Crippen molar-refractivity contribution in [1.82, 2.24) is 9.88 Å². The predicted molar refractivity (Wildman–Crippen MR) is 85.7 cm³/mol. The highest BCUT2D eigenvalue weighted by molar-refractivity contribution is 5.95. The maximum Gasteiger partial charge on any atom is 0.416 e. The number of hydrogen-bond donors (Lipinski definition) is 1. The van der Waals surface area contributed by atoms with E-state index in [1.807, 2.05) is 0 Å². The topological polar surface area (TPSA) is 54.5 Å². The van der Waals surface area contributed by atoms with Gasteiger partial charge in [0, 0.05) is 30.5 Å². The number of benzene rings is 1. The van der Waals surface area contributed by atoms with E-state index < -0.39 is 11.7 Å². The minimum atomic E-state index is -4.42. The maximum atomic E-state index is 12.8. The van der Waals surface area contributed by atoms with E-state index in [-0.39, 0.29) is 11.6 Å². The molecule has 132 valence electrons. The summed E-state index contributed by atoms with van der Waals surface area (Å²) >= 11 is 0. The average molecular weight is 351 g/mol. The van der Waals surface area contributed by atoms with Crippen molar-refractivity contribution in [2.45, 2.75) is 6.18 Å². The number of nitrogens with one attached hydrogen (secondary N) is 1. The first-order valence-corrected chi connectivity index (χ1v) is 7.71. The zero-order valence-electron chi connectivity index (χ0n) is 13.2. The van der Waals surface area contributed by atoms with Gasteiger partial charge in [-0.3, -0.25) is 4.79 Å². The third-order valence-corrected chi connectivity index (χ3v) is 3.77. The molecule has 0 radical (unpaired) electrons. The van der Waals surface area contributed by atoms with Crippen LogP contribution in [0.2, 0.25) is 0 Å². The summed E-state index contributed by atoms with van der Waals surface area (Å²) in [5.74, 6) is 0.149. The van der Waals surface area contributed by atoms with Crippen molar-refractivity contribution in [3.8, 4) is 0 Å². The molecule has 25 heavy (non-hydrogen) atoms. The van der Waals surface area contributed by atoms with Gasteiger partial charge < -0.3 is 15.0 Å². The second kappa shape index (κ2) is 7.10. The molecule has 1 amide bonds. The first kappa shape index (κ1) is 17.2. The molecule has 1 N–H and O–H groups in total.